The van der Waals surface area contributed by atoms with Gasteiger partial charge < -0.3 is 24.2 Å². The maximum atomic E-state index is 9.03. The molecule has 0 fully saturated rings. The van der Waals surface area contributed by atoms with E-state index >= 15 is 0 Å². The van der Waals surface area contributed by atoms with E-state index in [9.17, 15) is 0 Å². The van der Waals surface area contributed by atoms with Crippen LogP contribution in [0.3, 0.4) is 0 Å². The predicted octanol–water partition coefficient (Wildman–Crippen LogP) is 3.34. The molecule has 1 aromatic rings. The third-order valence-corrected chi connectivity index (χ3v) is 3.24. The summed E-state index contributed by atoms with van der Waals surface area (Å²) in [7, 11) is 4.74. The number of rotatable bonds is 8. The molecule has 122 valence electrons. The van der Waals surface area contributed by atoms with Gasteiger partial charge in [-0.2, -0.15) is 0 Å². The van der Waals surface area contributed by atoms with Crippen molar-refractivity contribution in [1.82, 2.24) is 0 Å². The maximum Gasteiger partial charge on any atom is 0.203 e. The van der Waals surface area contributed by atoms with Crippen molar-refractivity contribution in [1.29, 1.82) is 0 Å². The van der Waals surface area contributed by atoms with Crippen LogP contribution >= 0.6 is 0 Å². The van der Waals surface area contributed by atoms with Gasteiger partial charge in [0.25, 0.3) is 0 Å². The molecular weight excluding hydrogens is 282 g/mol. The third kappa shape index (κ3) is 4.43. The third-order valence-electron chi connectivity index (χ3n) is 3.24. The molecule has 1 N–H and O–H groups in total. The summed E-state index contributed by atoms with van der Waals surface area (Å²) in [6.07, 6.45) is 6.42. The lowest BCUT2D eigenvalue weighted by atomic mass is 10.2. The Hall–Kier alpha value is -2.14. The van der Waals surface area contributed by atoms with Gasteiger partial charge in [-0.15, -0.1) is 0 Å². The SMILES string of the molecule is CC/C(C)=C/N(/C=C/CO)c1cc(OC)c(OC)c(OC)c1. The van der Waals surface area contributed by atoms with E-state index in [0.29, 0.717) is 17.2 Å². The van der Waals surface area contributed by atoms with Gasteiger partial charge >= 0.3 is 0 Å². The van der Waals surface area contributed by atoms with E-state index in [1.807, 2.05) is 23.2 Å². The van der Waals surface area contributed by atoms with Gasteiger partial charge in [-0.05, 0) is 19.4 Å². The van der Waals surface area contributed by atoms with Gasteiger partial charge in [0, 0.05) is 24.5 Å². The molecule has 0 atom stereocenters. The second-order valence-corrected chi connectivity index (χ2v) is 4.69. The molecular formula is C17H25NO4. The van der Waals surface area contributed by atoms with Crippen molar-refractivity contribution in [3.05, 3.63) is 36.2 Å². The highest BCUT2D eigenvalue weighted by Gasteiger charge is 2.15. The first kappa shape index (κ1) is 17.9. The van der Waals surface area contributed by atoms with Crippen LogP contribution in [-0.4, -0.2) is 33.0 Å². The van der Waals surface area contributed by atoms with Gasteiger partial charge in [-0.3, -0.25) is 0 Å². The summed E-state index contributed by atoms with van der Waals surface area (Å²) in [6, 6.07) is 3.73. The molecule has 0 aromatic heterocycles. The molecule has 0 aliphatic heterocycles. The fraction of sp³-hybridized carbons (Fsp3) is 0.412. The van der Waals surface area contributed by atoms with Crippen molar-refractivity contribution < 1.29 is 19.3 Å². The standard InChI is InChI=1S/C17H25NO4/c1-6-13(2)12-18(8-7-9-19)14-10-15(20-3)17(22-5)16(11-14)21-4/h7-8,10-12,19H,6,9H2,1-5H3/b8-7+,13-12+. The Morgan fingerprint density at radius 3 is 2.14 bits per heavy atom. The van der Waals surface area contributed by atoms with E-state index in [4.69, 9.17) is 19.3 Å². The van der Waals surface area contributed by atoms with Gasteiger partial charge in [0.15, 0.2) is 11.5 Å². The minimum Gasteiger partial charge on any atom is -0.493 e. The zero-order valence-corrected chi connectivity index (χ0v) is 13.9. The Kier molecular flexibility index (Phi) is 7.32. The van der Waals surface area contributed by atoms with Crippen LogP contribution in [0.15, 0.2) is 36.2 Å². The summed E-state index contributed by atoms with van der Waals surface area (Å²) in [5, 5.41) is 9.03. The van der Waals surface area contributed by atoms with E-state index in [0.717, 1.165) is 12.1 Å². The van der Waals surface area contributed by atoms with E-state index in [1.54, 1.807) is 33.6 Å². The lowest BCUT2D eigenvalue weighted by molar-refractivity contribution is 0.324. The summed E-state index contributed by atoms with van der Waals surface area (Å²) in [6.45, 7) is 4.12. The first-order chi connectivity index (χ1) is 10.6. The quantitative estimate of drug-likeness (QED) is 0.798. The van der Waals surface area contributed by atoms with E-state index in [1.165, 1.54) is 5.57 Å². The monoisotopic (exact) mass is 307 g/mol. The number of hydrogen-bond acceptors (Lipinski definition) is 5. The maximum absolute atomic E-state index is 9.03. The lowest BCUT2D eigenvalue weighted by Gasteiger charge is -2.21. The molecule has 0 saturated heterocycles. The molecule has 0 amide bonds. The van der Waals surface area contributed by atoms with Crippen molar-refractivity contribution in [2.45, 2.75) is 20.3 Å². The smallest absolute Gasteiger partial charge is 0.203 e. The van der Waals surface area contributed by atoms with Crippen LogP contribution in [0.25, 0.3) is 0 Å². The van der Waals surface area contributed by atoms with Crippen molar-refractivity contribution >= 4 is 5.69 Å². The van der Waals surface area contributed by atoms with Crippen molar-refractivity contribution in [2.24, 2.45) is 0 Å². The number of anilines is 1. The van der Waals surface area contributed by atoms with Gasteiger partial charge in [0.2, 0.25) is 5.75 Å². The minimum absolute atomic E-state index is 0.0278. The van der Waals surface area contributed by atoms with Crippen molar-refractivity contribution in [2.75, 3.05) is 32.8 Å². The average Bonchev–Trinajstić information content (AvgIpc) is 2.56. The first-order valence-electron chi connectivity index (χ1n) is 7.14. The summed E-state index contributed by atoms with van der Waals surface area (Å²) in [5.41, 5.74) is 2.06. The lowest BCUT2D eigenvalue weighted by Crippen LogP contribution is -2.09. The van der Waals surface area contributed by atoms with Gasteiger partial charge in [0.05, 0.1) is 33.6 Å². The molecule has 1 aromatic carbocycles. The van der Waals surface area contributed by atoms with Crippen molar-refractivity contribution in [3.63, 3.8) is 0 Å². The molecule has 1 rings (SSSR count). The van der Waals surface area contributed by atoms with Crippen LogP contribution in [0, 0.1) is 0 Å². The van der Waals surface area contributed by atoms with Crippen LogP contribution in [0.2, 0.25) is 0 Å². The largest absolute Gasteiger partial charge is 0.493 e. The van der Waals surface area contributed by atoms with Crippen LogP contribution in [0.1, 0.15) is 20.3 Å². The second kappa shape index (κ2) is 9.00. The summed E-state index contributed by atoms with van der Waals surface area (Å²) >= 11 is 0. The normalized spacial score (nSPS) is 11.6. The van der Waals surface area contributed by atoms with E-state index < -0.39 is 0 Å². The van der Waals surface area contributed by atoms with Gasteiger partial charge in [0.1, 0.15) is 0 Å². The van der Waals surface area contributed by atoms with Gasteiger partial charge in [-0.1, -0.05) is 12.5 Å². The Morgan fingerprint density at radius 1 is 1.14 bits per heavy atom. The zero-order valence-electron chi connectivity index (χ0n) is 13.9. The van der Waals surface area contributed by atoms with Crippen LogP contribution in [-0.2, 0) is 0 Å². The summed E-state index contributed by atoms with van der Waals surface area (Å²) < 4.78 is 16.1. The van der Waals surface area contributed by atoms with Crippen molar-refractivity contribution in [3.8, 4) is 17.2 Å². The highest BCUT2D eigenvalue weighted by Crippen LogP contribution is 2.41. The number of benzene rings is 1. The number of aliphatic hydroxyl groups is 1. The summed E-state index contributed by atoms with van der Waals surface area (Å²) in [4.78, 5) is 1.92. The molecule has 22 heavy (non-hydrogen) atoms. The number of nitrogens with zero attached hydrogens (tertiary/aromatic N) is 1. The molecule has 0 heterocycles. The van der Waals surface area contributed by atoms with E-state index in [2.05, 4.69) is 13.8 Å². The minimum atomic E-state index is -0.0278. The molecule has 0 aliphatic rings. The highest BCUT2D eigenvalue weighted by atomic mass is 16.5. The Bertz CT molecular complexity index is 512. The Morgan fingerprint density at radius 2 is 1.73 bits per heavy atom. The van der Waals surface area contributed by atoms with Gasteiger partial charge in [-0.25, -0.2) is 0 Å². The topological polar surface area (TPSA) is 51.2 Å². The van der Waals surface area contributed by atoms with E-state index in [-0.39, 0.29) is 6.61 Å². The summed E-state index contributed by atoms with van der Waals surface area (Å²) in [5.74, 6) is 1.72. The zero-order chi connectivity index (χ0) is 16.5. The van der Waals surface area contributed by atoms with Crippen LogP contribution in [0.4, 0.5) is 5.69 Å². The molecule has 0 saturated carbocycles. The Labute approximate surface area is 132 Å². The molecule has 5 nitrogen and oxygen atoms in total. The molecule has 0 unspecified atom stereocenters. The fourth-order valence-corrected chi connectivity index (χ4v) is 1.91. The molecule has 5 heteroatoms. The number of hydrogen-bond donors (Lipinski definition) is 1. The first-order valence-corrected chi connectivity index (χ1v) is 7.14. The fourth-order valence-electron chi connectivity index (χ4n) is 1.91. The van der Waals surface area contributed by atoms with Crippen LogP contribution in [0.5, 0.6) is 17.2 Å². The molecule has 0 spiro atoms. The average molecular weight is 307 g/mol. The number of allylic oxidation sites excluding steroid dienone is 1. The number of methoxy groups -OCH3 is 3. The molecule has 0 aliphatic carbocycles. The number of ether oxygens (including phenoxy) is 3. The molecule has 0 radical (unpaired) electrons. The second-order valence-electron chi connectivity index (χ2n) is 4.69. The Balaban J connectivity index is 3.38. The highest BCUT2D eigenvalue weighted by molar-refractivity contribution is 5.65. The van der Waals surface area contributed by atoms with Crippen LogP contribution < -0.4 is 19.1 Å². The molecule has 0 bridgehead atoms. The number of aliphatic hydroxyl groups excluding tert-OH is 1. The predicted molar refractivity (Wildman–Crippen MR) is 88.9 cm³/mol.